The molecule has 4 nitrogen and oxygen atoms in total. The van der Waals surface area contributed by atoms with Crippen LogP contribution in [0.2, 0.25) is 0 Å². The zero-order chi connectivity index (χ0) is 13.7. The molecule has 0 radical (unpaired) electrons. The molecule has 0 bridgehead atoms. The molecule has 18 heavy (non-hydrogen) atoms. The van der Waals surface area contributed by atoms with E-state index in [1.165, 1.54) is 0 Å². The van der Waals surface area contributed by atoms with Crippen molar-refractivity contribution in [1.29, 1.82) is 0 Å². The third kappa shape index (κ3) is 4.04. The van der Waals surface area contributed by atoms with Gasteiger partial charge in [0.2, 0.25) is 0 Å². The van der Waals surface area contributed by atoms with Crippen LogP contribution in [0, 0.1) is 5.92 Å². The second-order valence-electron chi connectivity index (χ2n) is 5.11. The van der Waals surface area contributed by atoms with E-state index >= 15 is 0 Å². The molecule has 0 fully saturated rings. The van der Waals surface area contributed by atoms with E-state index in [0.29, 0.717) is 29.8 Å². The zero-order valence-electron chi connectivity index (χ0n) is 11.6. The van der Waals surface area contributed by atoms with Crippen molar-refractivity contribution in [2.45, 2.75) is 19.9 Å². The first-order chi connectivity index (χ1) is 8.41. The summed E-state index contributed by atoms with van der Waals surface area (Å²) in [7, 11) is 4.05. The smallest absolute Gasteiger partial charge is 0.251 e. The van der Waals surface area contributed by atoms with Gasteiger partial charge in [-0.25, -0.2) is 0 Å². The van der Waals surface area contributed by atoms with Gasteiger partial charge in [0, 0.05) is 23.8 Å². The van der Waals surface area contributed by atoms with Gasteiger partial charge < -0.3 is 16.0 Å². The molecule has 1 rings (SSSR count). The van der Waals surface area contributed by atoms with Crippen LogP contribution in [0.15, 0.2) is 24.3 Å². The molecule has 0 aliphatic heterocycles. The third-order valence-corrected chi connectivity index (χ3v) is 3.05. The first-order valence-electron chi connectivity index (χ1n) is 6.22. The minimum Gasteiger partial charge on any atom is -0.399 e. The molecular formula is C14H23N3O. The van der Waals surface area contributed by atoms with Gasteiger partial charge in [-0.2, -0.15) is 0 Å². The Morgan fingerprint density at radius 2 is 2.06 bits per heavy atom. The van der Waals surface area contributed by atoms with Gasteiger partial charge in [0.05, 0.1) is 0 Å². The molecule has 3 N–H and O–H groups in total. The van der Waals surface area contributed by atoms with Crippen molar-refractivity contribution in [1.82, 2.24) is 10.2 Å². The Kier molecular flexibility index (Phi) is 5.16. The van der Waals surface area contributed by atoms with Crippen molar-refractivity contribution >= 4 is 11.6 Å². The highest BCUT2D eigenvalue weighted by molar-refractivity contribution is 5.94. The summed E-state index contributed by atoms with van der Waals surface area (Å²) in [6.07, 6.45) is 0. The van der Waals surface area contributed by atoms with Crippen molar-refractivity contribution in [3.63, 3.8) is 0 Å². The van der Waals surface area contributed by atoms with E-state index in [1.54, 1.807) is 24.3 Å². The molecule has 4 heteroatoms. The topological polar surface area (TPSA) is 58.4 Å². The minimum absolute atomic E-state index is 0.0743. The van der Waals surface area contributed by atoms with Gasteiger partial charge >= 0.3 is 0 Å². The summed E-state index contributed by atoms with van der Waals surface area (Å²) in [5, 5.41) is 2.95. The van der Waals surface area contributed by atoms with Gasteiger partial charge in [0.1, 0.15) is 0 Å². The average Bonchev–Trinajstić information content (AvgIpc) is 2.28. The Labute approximate surface area is 109 Å². The maximum absolute atomic E-state index is 12.0. The van der Waals surface area contributed by atoms with Gasteiger partial charge in [-0.05, 0) is 38.2 Å². The zero-order valence-corrected chi connectivity index (χ0v) is 11.6. The molecule has 0 saturated carbocycles. The summed E-state index contributed by atoms with van der Waals surface area (Å²) in [4.78, 5) is 14.1. The number of anilines is 1. The fraction of sp³-hybridized carbons (Fsp3) is 0.500. The largest absolute Gasteiger partial charge is 0.399 e. The van der Waals surface area contributed by atoms with E-state index in [1.807, 2.05) is 14.1 Å². The van der Waals surface area contributed by atoms with Crippen molar-refractivity contribution in [3.8, 4) is 0 Å². The molecule has 0 aliphatic rings. The lowest BCUT2D eigenvalue weighted by Crippen LogP contribution is -2.43. The molecule has 1 aromatic rings. The van der Waals surface area contributed by atoms with E-state index in [0.717, 1.165) is 0 Å². The lowest BCUT2D eigenvalue weighted by Gasteiger charge is -2.28. The van der Waals surface area contributed by atoms with Crippen LogP contribution in [0.1, 0.15) is 24.2 Å². The van der Waals surface area contributed by atoms with Crippen molar-refractivity contribution < 1.29 is 4.79 Å². The number of carbonyl (C=O) groups excluding carboxylic acids is 1. The van der Waals surface area contributed by atoms with E-state index in [-0.39, 0.29) is 5.91 Å². The van der Waals surface area contributed by atoms with Crippen molar-refractivity contribution in [3.05, 3.63) is 29.8 Å². The van der Waals surface area contributed by atoms with Gasteiger partial charge in [-0.15, -0.1) is 0 Å². The molecule has 1 atom stereocenters. The highest BCUT2D eigenvalue weighted by Gasteiger charge is 2.16. The highest BCUT2D eigenvalue weighted by Crippen LogP contribution is 2.08. The summed E-state index contributed by atoms with van der Waals surface area (Å²) >= 11 is 0. The number of nitrogens with two attached hydrogens (primary N) is 1. The standard InChI is InChI=1S/C14H23N3O/c1-10(2)13(17(3)4)9-16-14(18)11-6-5-7-12(15)8-11/h5-8,10,13H,9,15H2,1-4H3,(H,16,18). The predicted octanol–water partition coefficient (Wildman–Crippen LogP) is 1.58. The van der Waals surface area contributed by atoms with Crippen LogP contribution < -0.4 is 11.1 Å². The number of nitrogens with one attached hydrogen (secondary N) is 1. The normalized spacial score (nSPS) is 12.8. The van der Waals surface area contributed by atoms with E-state index in [2.05, 4.69) is 24.1 Å². The first-order valence-corrected chi connectivity index (χ1v) is 6.22. The number of carbonyl (C=O) groups is 1. The monoisotopic (exact) mass is 249 g/mol. The van der Waals surface area contributed by atoms with Gasteiger partial charge in [-0.1, -0.05) is 19.9 Å². The van der Waals surface area contributed by atoms with Gasteiger partial charge in [-0.3, -0.25) is 4.79 Å². The summed E-state index contributed by atoms with van der Waals surface area (Å²) in [5.74, 6) is 0.413. The van der Waals surface area contributed by atoms with Crippen LogP contribution in [0.4, 0.5) is 5.69 Å². The summed E-state index contributed by atoms with van der Waals surface area (Å²) in [5.41, 5.74) is 6.88. The lowest BCUT2D eigenvalue weighted by atomic mass is 10.0. The number of hydrogen-bond donors (Lipinski definition) is 2. The molecule has 0 spiro atoms. The molecule has 0 aromatic heterocycles. The Morgan fingerprint density at radius 1 is 1.39 bits per heavy atom. The fourth-order valence-electron chi connectivity index (χ4n) is 1.99. The molecular weight excluding hydrogens is 226 g/mol. The van der Waals surface area contributed by atoms with E-state index in [4.69, 9.17) is 5.73 Å². The molecule has 0 saturated heterocycles. The van der Waals surface area contributed by atoms with Crippen LogP contribution in [0.25, 0.3) is 0 Å². The Bertz CT molecular complexity index is 394. The number of hydrogen-bond acceptors (Lipinski definition) is 3. The molecule has 0 aliphatic carbocycles. The van der Waals surface area contributed by atoms with Crippen LogP contribution >= 0.6 is 0 Å². The minimum atomic E-state index is -0.0743. The summed E-state index contributed by atoms with van der Waals surface area (Å²) < 4.78 is 0. The van der Waals surface area contributed by atoms with E-state index in [9.17, 15) is 4.79 Å². The highest BCUT2D eigenvalue weighted by atomic mass is 16.1. The SMILES string of the molecule is CC(C)C(CNC(=O)c1cccc(N)c1)N(C)C. The van der Waals surface area contributed by atoms with Crippen LogP contribution in [0.5, 0.6) is 0 Å². The predicted molar refractivity (Wildman–Crippen MR) is 75.5 cm³/mol. The number of nitrogens with zero attached hydrogens (tertiary/aromatic N) is 1. The van der Waals surface area contributed by atoms with Crippen molar-refractivity contribution in [2.75, 3.05) is 26.4 Å². The number of amides is 1. The first kappa shape index (κ1) is 14.5. The maximum Gasteiger partial charge on any atom is 0.251 e. The summed E-state index contributed by atoms with van der Waals surface area (Å²) in [6.45, 7) is 4.94. The van der Waals surface area contributed by atoms with Crippen LogP contribution in [0.3, 0.4) is 0 Å². The molecule has 100 valence electrons. The average molecular weight is 249 g/mol. The van der Waals surface area contributed by atoms with E-state index < -0.39 is 0 Å². The molecule has 1 aromatic carbocycles. The number of likely N-dealkylation sites (N-methyl/N-ethyl adjacent to an activating group) is 1. The molecule has 0 heterocycles. The van der Waals surface area contributed by atoms with Crippen LogP contribution in [-0.2, 0) is 0 Å². The number of rotatable bonds is 5. The van der Waals surface area contributed by atoms with Gasteiger partial charge in [0.25, 0.3) is 5.91 Å². The number of benzene rings is 1. The van der Waals surface area contributed by atoms with Crippen LogP contribution in [-0.4, -0.2) is 37.5 Å². The van der Waals surface area contributed by atoms with Crippen molar-refractivity contribution in [2.24, 2.45) is 5.92 Å². The number of nitrogen functional groups attached to an aromatic ring is 1. The Balaban J connectivity index is 2.60. The Morgan fingerprint density at radius 3 is 2.56 bits per heavy atom. The quantitative estimate of drug-likeness (QED) is 0.779. The summed E-state index contributed by atoms with van der Waals surface area (Å²) in [6, 6.07) is 7.35. The maximum atomic E-state index is 12.0. The Hall–Kier alpha value is -1.55. The lowest BCUT2D eigenvalue weighted by molar-refractivity contribution is 0.0934. The second-order valence-corrected chi connectivity index (χ2v) is 5.11. The second kappa shape index (κ2) is 6.40. The fourth-order valence-corrected chi connectivity index (χ4v) is 1.99. The van der Waals surface area contributed by atoms with Gasteiger partial charge in [0.15, 0.2) is 0 Å². The molecule has 1 amide bonds. The third-order valence-electron chi connectivity index (χ3n) is 3.05. The molecule has 1 unspecified atom stereocenters.